The summed E-state index contributed by atoms with van der Waals surface area (Å²) in [4.78, 5) is 0. The Morgan fingerprint density at radius 3 is 3.00 bits per heavy atom. The maximum Gasteiger partial charge on any atom is 0.124 e. The summed E-state index contributed by atoms with van der Waals surface area (Å²) >= 11 is 0. The highest BCUT2D eigenvalue weighted by atomic mass is 19.1. The second-order valence-electron chi connectivity index (χ2n) is 3.68. The van der Waals surface area contributed by atoms with Crippen LogP contribution in [0, 0.1) is 0 Å². The van der Waals surface area contributed by atoms with Crippen LogP contribution in [0.1, 0.15) is 23.5 Å². The number of nitrogens with one attached hydrogen (secondary N) is 1. The molecule has 0 aliphatic carbocycles. The summed E-state index contributed by atoms with van der Waals surface area (Å²) in [5.74, 6) is 0.477. The van der Waals surface area contributed by atoms with Crippen molar-refractivity contribution >= 4 is 0 Å². The molecule has 1 aromatic rings. The lowest BCUT2D eigenvalue weighted by molar-refractivity contribution is 0.425. The van der Waals surface area contributed by atoms with Gasteiger partial charge in [-0.25, -0.2) is 4.39 Å². The summed E-state index contributed by atoms with van der Waals surface area (Å²) in [7, 11) is 0. The third kappa shape index (κ3) is 1.60. The molecule has 0 saturated carbocycles. The zero-order chi connectivity index (χ0) is 9.97. The lowest BCUT2D eigenvalue weighted by Crippen LogP contribution is -2.08. The summed E-state index contributed by atoms with van der Waals surface area (Å²) in [6, 6.07) is 5.32. The highest BCUT2D eigenvalue weighted by Gasteiger charge is 2.20. The van der Waals surface area contributed by atoms with Crippen LogP contribution >= 0.6 is 0 Å². The minimum atomic E-state index is -0.597. The van der Waals surface area contributed by atoms with E-state index in [4.69, 9.17) is 0 Å². The zero-order valence-electron chi connectivity index (χ0n) is 7.96. The van der Waals surface area contributed by atoms with Gasteiger partial charge in [0.2, 0.25) is 0 Å². The highest BCUT2D eigenvalue weighted by Crippen LogP contribution is 2.32. The average Bonchev–Trinajstić information content (AvgIpc) is 2.71. The van der Waals surface area contributed by atoms with E-state index >= 15 is 0 Å². The Morgan fingerprint density at radius 1 is 1.50 bits per heavy atom. The average molecular weight is 195 g/mol. The van der Waals surface area contributed by atoms with Crippen LogP contribution in [0.3, 0.4) is 0 Å². The molecule has 2 N–H and O–H groups in total. The molecule has 1 atom stereocenters. The predicted octanol–water partition coefficient (Wildman–Crippen LogP) is 1.94. The molecular weight excluding hydrogens is 181 g/mol. The Labute approximate surface area is 82.8 Å². The first-order valence-corrected chi connectivity index (χ1v) is 4.90. The van der Waals surface area contributed by atoms with Gasteiger partial charge < -0.3 is 10.4 Å². The molecule has 1 aromatic carbocycles. The largest absolute Gasteiger partial charge is 0.507 e. The first kappa shape index (κ1) is 9.46. The molecule has 1 saturated heterocycles. The lowest BCUT2D eigenvalue weighted by Gasteiger charge is -2.12. The zero-order valence-corrected chi connectivity index (χ0v) is 7.96. The van der Waals surface area contributed by atoms with E-state index in [1.807, 2.05) is 12.1 Å². The molecule has 76 valence electrons. The fraction of sp³-hybridized carbons (Fsp3) is 0.455. The Morgan fingerprint density at radius 2 is 2.36 bits per heavy atom. The lowest BCUT2D eigenvalue weighted by atomic mass is 9.95. The number of benzene rings is 1. The molecule has 1 heterocycles. The molecule has 2 nitrogen and oxygen atoms in total. The van der Waals surface area contributed by atoms with E-state index < -0.39 is 6.67 Å². The highest BCUT2D eigenvalue weighted by molar-refractivity contribution is 5.42. The molecule has 0 radical (unpaired) electrons. The van der Waals surface area contributed by atoms with Crippen LogP contribution in [0.2, 0.25) is 0 Å². The number of phenols is 1. The standard InChI is InChI=1S/C11H14FNO/c12-6-8-2-1-3-10(11(8)14)9-4-5-13-7-9/h1-3,9,13-14H,4-7H2. The monoisotopic (exact) mass is 195 g/mol. The van der Waals surface area contributed by atoms with E-state index in [0.29, 0.717) is 11.5 Å². The van der Waals surface area contributed by atoms with E-state index in [1.54, 1.807) is 6.07 Å². The van der Waals surface area contributed by atoms with Gasteiger partial charge in [0.15, 0.2) is 0 Å². The van der Waals surface area contributed by atoms with E-state index in [1.165, 1.54) is 0 Å². The molecule has 3 heteroatoms. The number of hydrogen-bond acceptors (Lipinski definition) is 2. The molecule has 1 aliphatic heterocycles. The number of hydrogen-bond donors (Lipinski definition) is 2. The van der Waals surface area contributed by atoms with Crippen molar-refractivity contribution in [3.8, 4) is 5.75 Å². The van der Waals surface area contributed by atoms with Crippen LogP contribution in [-0.4, -0.2) is 18.2 Å². The number of alkyl halides is 1. The molecule has 0 spiro atoms. The third-order valence-corrected chi connectivity index (χ3v) is 2.79. The van der Waals surface area contributed by atoms with Crippen LogP contribution < -0.4 is 5.32 Å². The minimum Gasteiger partial charge on any atom is -0.507 e. The molecule has 1 aliphatic rings. The first-order chi connectivity index (χ1) is 6.83. The van der Waals surface area contributed by atoms with E-state index in [9.17, 15) is 9.50 Å². The van der Waals surface area contributed by atoms with Crippen LogP contribution in [0.15, 0.2) is 18.2 Å². The van der Waals surface area contributed by atoms with E-state index in [0.717, 1.165) is 25.1 Å². The number of halogens is 1. The molecule has 0 amide bonds. The fourth-order valence-electron chi connectivity index (χ4n) is 1.97. The van der Waals surface area contributed by atoms with Gasteiger partial charge in [0.25, 0.3) is 0 Å². The number of rotatable bonds is 2. The van der Waals surface area contributed by atoms with Crippen molar-refractivity contribution in [2.45, 2.75) is 19.0 Å². The van der Waals surface area contributed by atoms with Gasteiger partial charge in [0, 0.05) is 18.0 Å². The smallest absolute Gasteiger partial charge is 0.124 e. The number of aromatic hydroxyl groups is 1. The van der Waals surface area contributed by atoms with Crippen LogP contribution in [0.5, 0.6) is 5.75 Å². The first-order valence-electron chi connectivity index (χ1n) is 4.90. The van der Waals surface area contributed by atoms with Crippen molar-refractivity contribution in [1.29, 1.82) is 0 Å². The second-order valence-corrected chi connectivity index (χ2v) is 3.68. The quantitative estimate of drug-likeness (QED) is 0.755. The van der Waals surface area contributed by atoms with Crippen LogP contribution in [-0.2, 0) is 6.67 Å². The van der Waals surface area contributed by atoms with E-state index in [2.05, 4.69) is 5.32 Å². The predicted molar refractivity (Wildman–Crippen MR) is 53.1 cm³/mol. The molecule has 1 fully saturated rings. The van der Waals surface area contributed by atoms with Crippen molar-refractivity contribution in [2.24, 2.45) is 0 Å². The van der Waals surface area contributed by atoms with Gasteiger partial charge in [-0.15, -0.1) is 0 Å². The van der Waals surface area contributed by atoms with Crippen molar-refractivity contribution in [2.75, 3.05) is 13.1 Å². The fourth-order valence-corrected chi connectivity index (χ4v) is 1.97. The molecule has 14 heavy (non-hydrogen) atoms. The van der Waals surface area contributed by atoms with Gasteiger partial charge in [0.1, 0.15) is 12.4 Å². The third-order valence-electron chi connectivity index (χ3n) is 2.79. The van der Waals surface area contributed by atoms with Gasteiger partial charge in [-0.2, -0.15) is 0 Å². The summed E-state index contributed by atoms with van der Waals surface area (Å²) in [6.45, 7) is 1.26. The SMILES string of the molecule is Oc1c(CF)cccc1C1CCNC1. The van der Waals surface area contributed by atoms with Gasteiger partial charge in [-0.3, -0.25) is 0 Å². The van der Waals surface area contributed by atoms with Crippen LogP contribution in [0.25, 0.3) is 0 Å². The second kappa shape index (κ2) is 3.96. The van der Waals surface area contributed by atoms with Crippen molar-refractivity contribution in [3.63, 3.8) is 0 Å². The molecule has 0 aromatic heterocycles. The Hall–Kier alpha value is -1.09. The van der Waals surface area contributed by atoms with Crippen molar-refractivity contribution in [1.82, 2.24) is 5.32 Å². The summed E-state index contributed by atoms with van der Waals surface area (Å²) in [5, 5.41) is 13.0. The van der Waals surface area contributed by atoms with Gasteiger partial charge >= 0.3 is 0 Å². The normalized spacial score (nSPS) is 21.4. The van der Waals surface area contributed by atoms with Gasteiger partial charge in [0.05, 0.1) is 0 Å². The van der Waals surface area contributed by atoms with Gasteiger partial charge in [-0.05, 0) is 18.5 Å². The maximum atomic E-state index is 12.5. The maximum absolute atomic E-state index is 12.5. The van der Waals surface area contributed by atoms with Crippen molar-refractivity contribution < 1.29 is 9.50 Å². The summed E-state index contributed by atoms with van der Waals surface area (Å²) in [6.07, 6.45) is 1.02. The van der Waals surface area contributed by atoms with E-state index in [-0.39, 0.29) is 5.75 Å². The molecule has 2 rings (SSSR count). The summed E-state index contributed by atoms with van der Waals surface area (Å²) < 4.78 is 12.5. The van der Waals surface area contributed by atoms with Crippen LogP contribution in [0.4, 0.5) is 4.39 Å². The van der Waals surface area contributed by atoms with Gasteiger partial charge in [-0.1, -0.05) is 18.2 Å². The molecule has 0 bridgehead atoms. The Bertz CT molecular complexity index is 321. The minimum absolute atomic E-state index is 0.142. The summed E-state index contributed by atoms with van der Waals surface area (Å²) in [5.41, 5.74) is 1.28. The molecular formula is C11H14FNO. The Balaban J connectivity index is 2.32. The Kier molecular flexibility index (Phi) is 2.68. The molecule has 1 unspecified atom stereocenters. The number of para-hydroxylation sites is 1. The topological polar surface area (TPSA) is 32.3 Å². The number of phenolic OH excluding ortho intramolecular Hbond substituents is 1. The van der Waals surface area contributed by atoms with Crippen molar-refractivity contribution in [3.05, 3.63) is 29.3 Å².